The summed E-state index contributed by atoms with van der Waals surface area (Å²) in [7, 11) is 0. The number of likely N-dealkylation sites (tertiary alicyclic amines) is 1. The van der Waals surface area contributed by atoms with Crippen LogP contribution < -0.4 is 26.8 Å². The Balaban J connectivity index is 0.894. The molecule has 5 heterocycles. The average Bonchev–Trinajstić information content (AvgIpc) is 4.19. The molecule has 0 radical (unpaired) electrons. The molecule has 2 aromatic heterocycles. The molecule has 6 rings (SSSR count). The van der Waals surface area contributed by atoms with Gasteiger partial charge in [0.2, 0.25) is 41.0 Å². The van der Waals surface area contributed by atoms with Gasteiger partial charge >= 0.3 is 11.9 Å². The third-order valence-electron chi connectivity index (χ3n) is 13.8. The molecule has 0 bridgehead atoms. The van der Waals surface area contributed by atoms with Crippen LogP contribution in [0.15, 0.2) is 29.1 Å². The van der Waals surface area contributed by atoms with Gasteiger partial charge in [-0.15, -0.1) is 0 Å². The van der Waals surface area contributed by atoms with Gasteiger partial charge in [-0.2, -0.15) is 0 Å². The van der Waals surface area contributed by atoms with Crippen molar-refractivity contribution in [1.82, 2.24) is 35.7 Å². The van der Waals surface area contributed by atoms with E-state index in [0.29, 0.717) is 88.3 Å². The number of phenolic OH excluding ortho intramolecular Hbond substituents is 1. The number of pyridine rings is 2. The van der Waals surface area contributed by atoms with Gasteiger partial charge in [0.05, 0.1) is 75.3 Å². The monoisotopic (exact) mass is 1110 g/mol. The van der Waals surface area contributed by atoms with Crippen molar-refractivity contribution < 1.29 is 76.6 Å². The van der Waals surface area contributed by atoms with E-state index in [2.05, 4.69) is 21.3 Å². The van der Waals surface area contributed by atoms with Crippen LogP contribution in [0.1, 0.15) is 108 Å². The zero-order valence-corrected chi connectivity index (χ0v) is 45.7. The number of aryl methyl sites for hydroxylation is 1. The van der Waals surface area contributed by atoms with Crippen molar-refractivity contribution in [3.8, 4) is 17.1 Å². The number of rotatable bonds is 35. The Bertz CT molecular complexity index is 2730. The highest BCUT2D eigenvalue weighted by Crippen LogP contribution is 2.42. The molecule has 24 heteroatoms. The Morgan fingerprint density at radius 2 is 1.51 bits per heavy atom. The zero-order valence-electron chi connectivity index (χ0n) is 45.7. The minimum atomic E-state index is -2.04. The molecule has 79 heavy (non-hydrogen) atoms. The summed E-state index contributed by atoms with van der Waals surface area (Å²) >= 11 is 0. The lowest BCUT2D eigenvalue weighted by molar-refractivity contribution is -0.189. The van der Waals surface area contributed by atoms with Gasteiger partial charge in [-0.25, -0.2) is 9.78 Å². The number of aromatic nitrogens is 2. The highest BCUT2D eigenvalue weighted by atomic mass is 16.6. The van der Waals surface area contributed by atoms with E-state index in [1.54, 1.807) is 36.6 Å². The number of nitrogens with one attached hydrogen (secondary N) is 4. The van der Waals surface area contributed by atoms with Crippen molar-refractivity contribution in [3.63, 3.8) is 0 Å². The summed E-state index contributed by atoms with van der Waals surface area (Å²) in [5, 5.41) is 21.7. The van der Waals surface area contributed by atoms with E-state index in [1.807, 2.05) is 13.8 Å². The number of phenols is 1. The lowest BCUT2D eigenvalue weighted by Gasteiger charge is -2.35. The van der Waals surface area contributed by atoms with E-state index in [-0.39, 0.29) is 132 Å². The summed E-state index contributed by atoms with van der Waals surface area (Å²) in [5.74, 6) is -4.10. The predicted molar refractivity (Wildman–Crippen MR) is 283 cm³/mol. The SMILES string of the molecule is CCOCCOCC(=O)NC(CCCCNC(=O)COCCOCCOCCNC(=O)CCCCCN1C(=O)CC(C)C1=O)C(=O)NCC(=O)O[C@]1(CC)C(=O)OCc2c1cc1n(c2=O)Cc2c-1nc1ccc(O)cc1c2CC. The molecule has 432 valence electrons. The van der Waals surface area contributed by atoms with Crippen LogP contribution in [0.2, 0.25) is 0 Å². The van der Waals surface area contributed by atoms with Gasteiger partial charge in [0.25, 0.3) is 5.56 Å². The van der Waals surface area contributed by atoms with Crippen LogP contribution in [-0.4, -0.2) is 165 Å². The van der Waals surface area contributed by atoms with E-state index < -0.39 is 47.5 Å². The van der Waals surface area contributed by atoms with Gasteiger partial charge in [0.15, 0.2) is 0 Å². The number of benzene rings is 1. The molecule has 3 aliphatic rings. The largest absolute Gasteiger partial charge is 0.508 e. The van der Waals surface area contributed by atoms with Crippen molar-refractivity contribution in [1.29, 1.82) is 0 Å². The fraction of sp³-hybridized carbons (Fsp3) is 0.600. The van der Waals surface area contributed by atoms with Crippen LogP contribution in [0.3, 0.4) is 0 Å². The van der Waals surface area contributed by atoms with Crippen LogP contribution in [0.25, 0.3) is 22.3 Å². The van der Waals surface area contributed by atoms with Crippen LogP contribution in [0, 0.1) is 5.92 Å². The molecule has 1 saturated heterocycles. The first kappa shape index (κ1) is 61.4. The normalized spacial score (nSPS) is 16.7. The number of hydrogen-bond acceptors (Lipinski definition) is 18. The van der Waals surface area contributed by atoms with E-state index in [9.17, 15) is 48.3 Å². The fourth-order valence-electron chi connectivity index (χ4n) is 9.68. The maximum absolute atomic E-state index is 14.2. The summed E-state index contributed by atoms with van der Waals surface area (Å²) in [6.07, 6.45) is 4.03. The van der Waals surface area contributed by atoms with Crippen molar-refractivity contribution in [2.45, 2.75) is 117 Å². The first-order valence-electron chi connectivity index (χ1n) is 27.3. The predicted octanol–water partition coefficient (Wildman–Crippen LogP) is 1.96. The van der Waals surface area contributed by atoms with E-state index >= 15 is 0 Å². The lowest BCUT2D eigenvalue weighted by Crippen LogP contribution is -2.51. The number of unbranched alkanes of at least 4 members (excludes halogenated alkanes) is 3. The molecule has 3 aliphatic heterocycles. The molecule has 5 N–H and O–H groups in total. The number of hydrogen-bond donors (Lipinski definition) is 5. The second kappa shape index (κ2) is 30.5. The van der Waals surface area contributed by atoms with Crippen molar-refractivity contribution in [2.75, 3.05) is 92.2 Å². The second-order valence-corrected chi connectivity index (χ2v) is 19.4. The molecule has 1 aromatic carbocycles. The second-order valence-electron chi connectivity index (χ2n) is 19.4. The minimum Gasteiger partial charge on any atom is -0.508 e. The number of fused-ring (bicyclic) bond motifs is 5. The average molecular weight is 1110 g/mol. The molecule has 24 nitrogen and oxygen atoms in total. The minimum absolute atomic E-state index is 0.0821. The van der Waals surface area contributed by atoms with E-state index in [0.717, 1.165) is 22.9 Å². The van der Waals surface area contributed by atoms with Crippen molar-refractivity contribution in [2.24, 2.45) is 5.92 Å². The van der Waals surface area contributed by atoms with Gasteiger partial charge < -0.3 is 64.1 Å². The Kier molecular flexibility index (Phi) is 23.7. The topological polar surface area (TPSA) is 308 Å². The van der Waals surface area contributed by atoms with Crippen LogP contribution >= 0.6 is 0 Å². The molecule has 0 aliphatic carbocycles. The highest BCUT2D eigenvalue weighted by molar-refractivity contribution is 6.03. The number of cyclic esters (lactones) is 1. The van der Waals surface area contributed by atoms with Crippen molar-refractivity contribution in [3.05, 3.63) is 56.9 Å². The van der Waals surface area contributed by atoms with Crippen LogP contribution in [0.4, 0.5) is 0 Å². The molecule has 3 aromatic rings. The number of ether oxygens (including phenoxy) is 7. The van der Waals surface area contributed by atoms with Crippen molar-refractivity contribution >= 4 is 58.3 Å². The molecule has 1 fully saturated rings. The first-order chi connectivity index (χ1) is 38.1. The Morgan fingerprint density at radius 3 is 2.22 bits per heavy atom. The van der Waals surface area contributed by atoms with Gasteiger partial charge in [0.1, 0.15) is 38.2 Å². The molecular weight excluding hydrogens is 1030 g/mol. The summed E-state index contributed by atoms with van der Waals surface area (Å²) in [6, 6.07) is 5.37. The number of nitrogens with zero attached hydrogens (tertiary/aromatic N) is 3. The number of carbonyl (C=O) groups is 8. The summed E-state index contributed by atoms with van der Waals surface area (Å²) < 4.78 is 39.9. The molecule has 3 atom stereocenters. The van der Waals surface area contributed by atoms with E-state index in [1.165, 1.54) is 11.0 Å². The van der Waals surface area contributed by atoms with Gasteiger partial charge in [-0.3, -0.25) is 43.3 Å². The third kappa shape index (κ3) is 16.6. The van der Waals surface area contributed by atoms with Crippen LogP contribution in [-0.2, 0) is 96.7 Å². The van der Waals surface area contributed by atoms with Gasteiger partial charge in [-0.1, -0.05) is 27.2 Å². The number of esters is 2. The Labute approximate surface area is 458 Å². The number of amides is 6. The van der Waals surface area contributed by atoms with E-state index in [4.69, 9.17) is 38.1 Å². The molecule has 0 spiro atoms. The van der Waals surface area contributed by atoms with Crippen LogP contribution in [0.5, 0.6) is 5.75 Å². The molecule has 2 unspecified atom stereocenters. The summed E-state index contributed by atoms with van der Waals surface area (Å²) in [4.78, 5) is 123. The highest BCUT2D eigenvalue weighted by Gasteiger charge is 2.50. The third-order valence-corrected chi connectivity index (χ3v) is 13.8. The number of aromatic hydroxyl groups is 1. The standard InChI is InChI=1S/C55H75N7O17/c1-5-37-38-28-36(63)15-16-42(38)60-50-39(37)31-62-44(50)29-41-40(53(62)71)32-78-54(72)55(41,6-2)79-49(68)30-58-51(69)43(59-47(66)34-77-25-21-73-7-3)13-10-11-17-56-46(65)33-76-26-24-75-23-22-74-20-18-57-45(64)14-9-8-12-19-61-48(67)27-35(4)52(61)70/h15-16,28-29,35,43,63H,5-14,17-27,30-34H2,1-4H3,(H,56,65)(H,57,64)(H,58,69)(H,59,66)/t35?,43?,55-/m0/s1. The quantitative estimate of drug-likeness (QED) is 0.0250. The van der Waals surface area contributed by atoms with Gasteiger partial charge in [0, 0.05) is 61.5 Å². The molecule has 6 amide bonds. The molecular formula is C55H75N7O17. The smallest absolute Gasteiger partial charge is 0.355 e. The number of carbonyl (C=O) groups excluding carboxylic acids is 8. The first-order valence-corrected chi connectivity index (χ1v) is 27.3. The summed E-state index contributed by atoms with van der Waals surface area (Å²) in [6.45, 7) is 8.84. The Hall–Kier alpha value is -6.86. The fourth-order valence-corrected chi connectivity index (χ4v) is 9.68. The summed E-state index contributed by atoms with van der Waals surface area (Å²) in [5.41, 5.74) is 1.09. The lowest BCUT2D eigenvalue weighted by atomic mass is 9.85. The van der Waals surface area contributed by atoms with Gasteiger partial charge in [-0.05, 0) is 81.7 Å². The maximum Gasteiger partial charge on any atom is 0.355 e. The number of imide groups is 1. The molecule has 0 saturated carbocycles. The Morgan fingerprint density at radius 1 is 0.797 bits per heavy atom. The zero-order chi connectivity index (χ0) is 56.9. The maximum atomic E-state index is 14.2.